The molecule has 2 aromatic carbocycles. The second kappa shape index (κ2) is 3.92. The molecule has 86 valence electrons. The van der Waals surface area contributed by atoms with Gasteiger partial charge in [-0.2, -0.15) is 0 Å². The number of anilines is 2. The number of hydrogen-bond acceptors (Lipinski definition) is 1. The Labute approximate surface area is 103 Å². The summed E-state index contributed by atoms with van der Waals surface area (Å²) in [7, 11) is 0. The van der Waals surface area contributed by atoms with Gasteiger partial charge >= 0.3 is 0 Å². The zero-order chi connectivity index (χ0) is 11.8. The Hall–Kier alpha value is -1.76. The van der Waals surface area contributed by atoms with Crippen LogP contribution in [0.15, 0.2) is 42.5 Å². The Morgan fingerprint density at radius 2 is 1.76 bits per heavy atom. The molecule has 1 aliphatic rings. The Kier molecular flexibility index (Phi) is 2.40. The van der Waals surface area contributed by atoms with E-state index in [2.05, 4.69) is 61.2 Å². The van der Waals surface area contributed by atoms with E-state index in [1.54, 1.807) is 0 Å². The Morgan fingerprint density at radius 1 is 0.941 bits per heavy atom. The maximum atomic E-state index is 2.44. The van der Waals surface area contributed by atoms with Crippen molar-refractivity contribution in [3.8, 4) is 0 Å². The number of hydrogen-bond donors (Lipinski definition) is 0. The van der Waals surface area contributed by atoms with Gasteiger partial charge in [0.2, 0.25) is 0 Å². The molecule has 0 amide bonds. The molecular formula is C16H17N. The smallest absolute Gasteiger partial charge is 0.0444 e. The fraction of sp³-hybridized carbons (Fsp3) is 0.250. The molecule has 2 aromatic rings. The van der Waals surface area contributed by atoms with Gasteiger partial charge in [0.05, 0.1) is 0 Å². The molecule has 0 radical (unpaired) electrons. The first-order valence-electron chi connectivity index (χ1n) is 6.18. The van der Waals surface area contributed by atoms with Crippen molar-refractivity contribution in [1.29, 1.82) is 0 Å². The molecule has 0 fully saturated rings. The topological polar surface area (TPSA) is 3.24 Å². The third-order valence-electron chi connectivity index (χ3n) is 3.54. The van der Waals surface area contributed by atoms with Crippen LogP contribution >= 0.6 is 0 Å². The van der Waals surface area contributed by atoms with E-state index in [1.165, 1.54) is 28.1 Å². The predicted octanol–water partition coefficient (Wildman–Crippen LogP) is 4.00. The van der Waals surface area contributed by atoms with E-state index in [-0.39, 0.29) is 0 Å². The summed E-state index contributed by atoms with van der Waals surface area (Å²) in [5, 5.41) is 0. The van der Waals surface area contributed by atoms with Gasteiger partial charge in [-0.1, -0.05) is 30.3 Å². The minimum atomic E-state index is 1.10. The van der Waals surface area contributed by atoms with Gasteiger partial charge in [0.1, 0.15) is 0 Å². The molecule has 17 heavy (non-hydrogen) atoms. The highest BCUT2D eigenvalue weighted by molar-refractivity contribution is 5.72. The minimum Gasteiger partial charge on any atom is -0.341 e. The number of para-hydroxylation sites is 1. The number of nitrogens with zero attached hydrogens (tertiary/aromatic N) is 1. The van der Waals surface area contributed by atoms with Crippen LogP contribution < -0.4 is 4.90 Å². The average Bonchev–Trinajstić information content (AvgIpc) is 2.76. The van der Waals surface area contributed by atoms with Crippen molar-refractivity contribution >= 4 is 11.4 Å². The third-order valence-corrected chi connectivity index (χ3v) is 3.54. The molecule has 1 heteroatoms. The van der Waals surface area contributed by atoms with Crippen LogP contribution in [-0.2, 0) is 6.42 Å². The van der Waals surface area contributed by atoms with Gasteiger partial charge < -0.3 is 4.90 Å². The van der Waals surface area contributed by atoms with E-state index >= 15 is 0 Å². The largest absolute Gasteiger partial charge is 0.341 e. The predicted molar refractivity (Wildman–Crippen MR) is 73.1 cm³/mol. The normalized spacial score (nSPS) is 13.9. The molecule has 1 aliphatic heterocycles. The van der Waals surface area contributed by atoms with E-state index < -0.39 is 0 Å². The third kappa shape index (κ3) is 1.72. The fourth-order valence-electron chi connectivity index (χ4n) is 2.60. The number of aryl methyl sites for hydroxylation is 2. The number of rotatable bonds is 1. The molecule has 0 saturated carbocycles. The van der Waals surface area contributed by atoms with Crippen molar-refractivity contribution in [3.05, 3.63) is 59.2 Å². The van der Waals surface area contributed by atoms with Crippen molar-refractivity contribution in [2.75, 3.05) is 11.4 Å². The van der Waals surface area contributed by atoms with Crippen LogP contribution in [0.4, 0.5) is 11.4 Å². The molecular weight excluding hydrogens is 206 g/mol. The van der Waals surface area contributed by atoms with Crippen LogP contribution in [-0.4, -0.2) is 6.54 Å². The molecule has 0 N–H and O–H groups in total. The van der Waals surface area contributed by atoms with Crippen molar-refractivity contribution in [3.63, 3.8) is 0 Å². The van der Waals surface area contributed by atoms with Gasteiger partial charge in [-0.3, -0.25) is 0 Å². The second-order valence-corrected chi connectivity index (χ2v) is 4.82. The Morgan fingerprint density at radius 3 is 2.65 bits per heavy atom. The zero-order valence-corrected chi connectivity index (χ0v) is 10.4. The van der Waals surface area contributed by atoms with E-state index in [0.717, 1.165) is 13.0 Å². The summed E-state index contributed by atoms with van der Waals surface area (Å²) in [6, 6.07) is 15.4. The van der Waals surface area contributed by atoms with Crippen molar-refractivity contribution in [2.45, 2.75) is 20.3 Å². The lowest BCUT2D eigenvalue weighted by molar-refractivity contribution is 0.991. The lowest BCUT2D eigenvalue weighted by Crippen LogP contribution is -2.14. The summed E-state index contributed by atoms with van der Waals surface area (Å²) in [5.74, 6) is 0. The van der Waals surface area contributed by atoms with Crippen molar-refractivity contribution in [1.82, 2.24) is 0 Å². The first-order valence-corrected chi connectivity index (χ1v) is 6.18. The Balaban J connectivity index is 2.10. The van der Waals surface area contributed by atoms with Crippen LogP contribution in [0.1, 0.15) is 16.7 Å². The van der Waals surface area contributed by atoms with Crippen LogP contribution in [0.3, 0.4) is 0 Å². The van der Waals surface area contributed by atoms with Gasteiger partial charge in [-0.15, -0.1) is 0 Å². The first-order chi connectivity index (χ1) is 8.25. The molecule has 0 spiro atoms. The van der Waals surface area contributed by atoms with E-state index in [1.807, 2.05) is 0 Å². The van der Waals surface area contributed by atoms with Crippen LogP contribution in [0.5, 0.6) is 0 Å². The lowest BCUT2D eigenvalue weighted by atomic mass is 10.1. The Bertz CT molecular complexity index is 557. The maximum absolute atomic E-state index is 2.44. The molecule has 0 atom stereocenters. The van der Waals surface area contributed by atoms with Crippen molar-refractivity contribution in [2.24, 2.45) is 0 Å². The fourth-order valence-corrected chi connectivity index (χ4v) is 2.60. The van der Waals surface area contributed by atoms with Crippen LogP contribution in [0.25, 0.3) is 0 Å². The SMILES string of the molecule is Cc1ccc(C)c(N2CCc3ccccc32)c1. The van der Waals surface area contributed by atoms with Gasteiger partial charge in [0, 0.05) is 17.9 Å². The van der Waals surface area contributed by atoms with E-state index in [4.69, 9.17) is 0 Å². The summed E-state index contributed by atoms with van der Waals surface area (Å²) in [4.78, 5) is 2.44. The first kappa shape index (κ1) is 10.4. The zero-order valence-electron chi connectivity index (χ0n) is 10.4. The summed E-state index contributed by atoms with van der Waals surface area (Å²) in [6.45, 7) is 5.45. The molecule has 0 aromatic heterocycles. The summed E-state index contributed by atoms with van der Waals surface area (Å²) in [5.41, 5.74) is 6.88. The number of benzene rings is 2. The van der Waals surface area contributed by atoms with Gasteiger partial charge in [0.25, 0.3) is 0 Å². The highest BCUT2D eigenvalue weighted by Crippen LogP contribution is 2.36. The second-order valence-electron chi connectivity index (χ2n) is 4.82. The summed E-state index contributed by atoms with van der Waals surface area (Å²) in [6.07, 6.45) is 1.16. The number of fused-ring (bicyclic) bond motifs is 1. The highest BCUT2D eigenvalue weighted by atomic mass is 15.2. The molecule has 0 unspecified atom stereocenters. The molecule has 0 aliphatic carbocycles. The molecule has 1 nitrogen and oxygen atoms in total. The van der Waals surface area contributed by atoms with Gasteiger partial charge in [0.15, 0.2) is 0 Å². The molecule has 3 rings (SSSR count). The van der Waals surface area contributed by atoms with Crippen LogP contribution in [0.2, 0.25) is 0 Å². The lowest BCUT2D eigenvalue weighted by Gasteiger charge is -2.22. The minimum absolute atomic E-state index is 1.10. The molecule has 0 bridgehead atoms. The van der Waals surface area contributed by atoms with E-state index in [0.29, 0.717) is 0 Å². The van der Waals surface area contributed by atoms with Crippen LogP contribution in [0, 0.1) is 13.8 Å². The highest BCUT2D eigenvalue weighted by Gasteiger charge is 2.20. The molecule has 0 saturated heterocycles. The maximum Gasteiger partial charge on any atom is 0.0444 e. The summed E-state index contributed by atoms with van der Waals surface area (Å²) >= 11 is 0. The van der Waals surface area contributed by atoms with Gasteiger partial charge in [-0.05, 0) is 49.1 Å². The average molecular weight is 223 g/mol. The summed E-state index contributed by atoms with van der Waals surface area (Å²) < 4.78 is 0. The standard InChI is InChI=1S/C16H17N/c1-12-7-8-13(2)16(11-12)17-10-9-14-5-3-4-6-15(14)17/h3-8,11H,9-10H2,1-2H3. The van der Waals surface area contributed by atoms with Crippen molar-refractivity contribution < 1.29 is 0 Å². The monoisotopic (exact) mass is 223 g/mol. The quantitative estimate of drug-likeness (QED) is 0.706. The van der Waals surface area contributed by atoms with Gasteiger partial charge in [-0.25, -0.2) is 0 Å². The molecule has 1 heterocycles. The van der Waals surface area contributed by atoms with E-state index in [9.17, 15) is 0 Å².